The lowest BCUT2D eigenvalue weighted by atomic mass is 9.66. The lowest BCUT2D eigenvalue weighted by Crippen LogP contribution is -2.80. The zero-order valence-corrected chi connectivity index (χ0v) is 33.6. The number of nitrogens with zero attached hydrogens (tertiary/aromatic N) is 6. The lowest BCUT2D eigenvalue weighted by molar-refractivity contribution is -0.984. The minimum Gasteiger partial charge on any atom is -0.507 e. The fourth-order valence-electron chi connectivity index (χ4n) is 11.5. The van der Waals surface area contributed by atoms with Gasteiger partial charge in [0.2, 0.25) is 17.7 Å². The molecule has 3 spiro atoms. The largest absolute Gasteiger partial charge is 0.507 e. The van der Waals surface area contributed by atoms with E-state index in [0.29, 0.717) is 50.0 Å². The van der Waals surface area contributed by atoms with Gasteiger partial charge in [-0.15, -0.1) is 0 Å². The molecule has 0 bridgehead atoms. The number of aromatic hydroxyl groups is 1. The van der Waals surface area contributed by atoms with Crippen LogP contribution in [0, 0.1) is 5.41 Å². The second-order valence-corrected chi connectivity index (χ2v) is 18.1. The van der Waals surface area contributed by atoms with Crippen LogP contribution in [0.4, 0.5) is 11.4 Å². The van der Waals surface area contributed by atoms with Gasteiger partial charge in [-0.3, -0.25) is 24.2 Å². The van der Waals surface area contributed by atoms with E-state index in [0.717, 1.165) is 98.1 Å². The molecule has 6 aliphatic rings. The SMILES string of the molecule is COc1ccccc1C1(C(=O)N2CC3(C2)C[N+]2(COC4(CCN(c5ccc(C6CCC(=O)NC6=O)cc5)CC4)C2)C3)CCN(c2cnnc(-c3ccccc3O)c2)CC1. The van der Waals surface area contributed by atoms with Crippen LogP contribution in [-0.4, -0.2) is 121 Å². The molecule has 6 saturated heterocycles. The fourth-order valence-corrected chi connectivity index (χ4v) is 11.5. The van der Waals surface area contributed by atoms with Crippen molar-refractivity contribution < 1.29 is 33.4 Å². The second-order valence-electron chi connectivity index (χ2n) is 18.1. The first-order chi connectivity index (χ1) is 28.6. The van der Waals surface area contributed by atoms with Gasteiger partial charge in [0.25, 0.3) is 0 Å². The number of imide groups is 1. The number of likely N-dealkylation sites (tertiary alicyclic amines) is 1. The first-order valence-electron chi connectivity index (χ1n) is 21.1. The van der Waals surface area contributed by atoms with Gasteiger partial charge >= 0.3 is 0 Å². The fraction of sp³-hybridized carbons (Fsp3) is 0.457. The van der Waals surface area contributed by atoms with Gasteiger partial charge in [0.15, 0.2) is 6.73 Å². The smallest absolute Gasteiger partial charge is 0.234 e. The zero-order valence-electron chi connectivity index (χ0n) is 33.6. The van der Waals surface area contributed by atoms with Crippen LogP contribution in [0.2, 0.25) is 0 Å². The van der Waals surface area contributed by atoms with Crippen molar-refractivity contribution in [2.75, 3.05) is 82.5 Å². The summed E-state index contributed by atoms with van der Waals surface area (Å²) in [6.45, 7) is 8.60. The molecule has 0 aliphatic carbocycles. The highest BCUT2D eigenvalue weighted by molar-refractivity contribution is 6.01. The van der Waals surface area contributed by atoms with Crippen molar-refractivity contribution in [3.63, 3.8) is 0 Å². The third-order valence-corrected chi connectivity index (χ3v) is 14.4. The molecule has 0 saturated carbocycles. The molecule has 1 aromatic heterocycles. The highest BCUT2D eigenvalue weighted by Crippen LogP contribution is 2.52. The molecular weight excluding hydrogens is 747 g/mol. The van der Waals surface area contributed by atoms with Gasteiger partial charge in [0, 0.05) is 62.5 Å². The van der Waals surface area contributed by atoms with E-state index in [1.807, 2.05) is 48.5 Å². The number of para-hydroxylation sites is 2. The minimum atomic E-state index is -0.707. The van der Waals surface area contributed by atoms with Gasteiger partial charge in [-0.05, 0) is 74.1 Å². The highest BCUT2D eigenvalue weighted by atomic mass is 16.5. The summed E-state index contributed by atoms with van der Waals surface area (Å²) in [7, 11) is 1.68. The predicted octanol–water partition coefficient (Wildman–Crippen LogP) is 4.60. The molecule has 306 valence electrons. The number of carbonyl (C=O) groups excluding carboxylic acids is 3. The third-order valence-electron chi connectivity index (χ3n) is 14.4. The Bertz CT molecular complexity index is 2270. The quantitative estimate of drug-likeness (QED) is 0.202. The summed E-state index contributed by atoms with van der Waals surface area (Å²) < 4.78 is 13.6. The van der Waals surface area contributed by atoms with E-state index in [2.05, 4.69) is 48.4 Å². The number of carbonyl (C=O) groups is 3. The number of phenols is 1. The van der Waals surface area contributed by atoms with Crippen molar-refractivity contribution in [3.05, 3.63) is 96.2 Å². The standard InChI is InChI=1S/C46H51N7O6/c1-58-40-9-5-3-7-37(40)46(18-22-51(23-19-46)34-24-38(49-47-25-34)36-6-2-4-8-39(36)54)43(57)52-26-44(27-52)28-53(29-44)30-45(59-31-53)16-20-50(21-17-45)33-12-10-32(11-13-33)35-14-15-41(55)48-42(35)56/h2-13,24-25,35H,14-23,26-31H2,1H3,(H-,48,49,54,55,56)/p+1. The molecule has 4 aromatic rings. The Kier molecular flexibility index (Phi) is 9.17. The van der Waals surface area contributed by atoms with Crippen molar-refractivity contribution >= 4 is 29.1 Å². The Morgan fingerprint density at radius 3 is 2.31 bits per heavy atom. The normalized spacial score (nSPS) is 23.8. The van der Waals surface area contributed by atoms with E-state index in [4.69, 9.17) is 9.47 Å². The molecule has 1 unspecified atom stereocenters. The summed E-state index contributed by atoms with van der Waals surface area (Å²) in [5, 5.41) is 21.5. The number of nitrogens with one attached hydrogen (secondary N) is 1. The van der Waals surface area contributed by atoms with Crippen LogP contribution >= 0.6 is 0 Å². The molecule has 2 N–H and O–H groups in total. The number of hydrogen-bond acceptors (Lipinski definition) is 10. The number of hydrogen-bond donors (Lipinski definition) is 2. The van der Waals surface area contributed by atoms with Crippen LogP contribution in [0.1, 0.15) is 55.6 Å². The summed E-state index contributed by atoms with van der Waals surface area (Å²) in [6.07, 6.45) is 5.93. The molecule has 7 heterocycles. The van der Waals surface area contributed by atoms with Crippen molar-refractivity contribution in [2.45, 2.75) is 55.5 Å². The molecule has 59 heavy (non-hydrogen) atoms. The molecular formula is C46H52N7O6+. The van der Waals surface area contributed by atoms with Crippen LogP contribution in [0.3, 0.4) is 0 Å². The number of benzene rings is 3. The number of methoxy groups -OCH3 is 1. The monoisotopic (exact) mass is 798 g/mol. The Labute approximate surface area is 344 Å². The van der Waals surface area contributed by atoms with Crippen LogP contribution in [0.15, 0.2) is 85.1 Å². The van der Waals surface area contributed by atoms with Crippen molar-refractivity contribution in [1.29, 1.82) is 0 Å². The molecule has 6 aliphatic heterocycles. The number of phenolic OH excluding ortho intramolecular Hbond substituents is 1. The van der Waals surface area contributed by atoms with Gasteiger partial charge in [-0.1, -0.05) is 42.5 Å². The van der Waals surface area contributed by atoms with E-state index in [1.165, 1.54) is 0 Å². The molecule has 0 radical (unpaired) electrons. The average Bonchev–Trinajstić information content (AvgIpc) is 3.61. The average molecular weight is 799 g/mol. The topological polar surface area (TPSA) is 137 Å². The number of rotatable bonds is 7. The predicted molar refractivity (Wildman–Crippen MR) is 221 cm³/mol. The van der Waals surface area contributed by atoms with E-state index in [9.17, 15) is 19.5 Å². The van der Waals surface area contributed by atoms with Gasteiger partial charge in [-0.25, -0.2) is 0 Å². The Morgan fingerprint density at radius 1 is 0.881 bits per heavy atom. The van der Waals surface area contributed by atoms with Gasteiger partial charge in [0.1, 0.15) is 29.1 Å². The van der Waals surface area contributed by atoms with Crippen LogP contribution < -0.4 is 19.9 Å². The van der Waals surface area contributed by atoms with Crippen molar-refractivity contribution in [2.24, 2.45) is 5.41 Å². The molecule has 6 fully saturated rings. The maximum Gasteiger partial charge on any atom is 0.234 e. The maximum atomic E-state index is 14.9. The first kappa shape index (κ1) is 37.7. The zero-order chi connectivity index (χ0) is 40.4. The Balaban J connectivity index is 0.769. The Hall–Kier alpha value is -5.53. The maximum absolute atomic E-state index is 14.9. The molecule has 13 heteroatoms. The second kappa shape index (κ2) is 14.3. The summed E-state index contributed by atoms with van der Waals surface area (Å²) >= 11 is 0. The third kappa shape index (κ3) is 6.58. The highest BCUT2D eigenvalue weighted by Gasteiger charge is 2.68. The Morgan fingerprint density at radius 2 is 1.58 bits per heavy atom. The number of ether oxygens (including phenoxy) is 2. The summed E-state index contributed by atoms with van der Waals surface area (Å²) in [4.78, 5) is 45.7. The van der Waals surface area contributed by atoms with E-state index in [-0.39, 0.29) is 40.4 Å². The summed E-state index contributed by atoms with van der Waals surface area (Å²) in [5.74, 6) is 0.449. The van der Waals surface area contributed by atoms with Gasteiger partial charge in [0.05, 0.1) is 49.1 Å². The first-order valence-corrected chi connectivity index (χ1v) is 21.1. The minimum absolute atomic E-state index is 0.113. The number of aromatic nitrogens is 2. The number of amides is 3. The van der Waals surface area contributed by atoms with Crippen molar-refractivity contribution in [1.82, 2.24) is 20.4 Å². The van der Waals surface area contributed by atoms with Crippen LogP contribution in [0.5, 0.6) is 11.5 Å². The summed E-state index contributed by atoms with van der Waals surface area (Å²) in [6, 6.07) is 25.4. The van der Waals surface area contributed by atoms with Crippen LogP contribution in [-0.2, 0) is 24.5 Å². The van der Waals surface area contributed by atoms with E-state index in [1.54, 1.807) is 25.4 Å². The number of quaternary nitrogens is 1. The summed E-state index contributed by atoms with van der Waals surface area (Å²) in [5.41, 5.74) is 4.56. The lowest BCUT2D eigenvalue weighted by Gasteiger charge is -2.63. The van der Waals surface area contributed by atoms with E-state index < -0.39 is 5.41 Å². The number of piperidine rings is 3. The van der Waals surface area contributed by atoms with Crippen LogP contribution in [0.25, 0.3) is 11.3 Å². The van der Waals surface area contributed by atoms with Gasteiger partial charge in [-0.2, -0.15) is 10.2 Å². The molecule has 3 amide bonds. The molecule has 10 rings (SSSR count). The molecule has 13 nitrogen and oxygen atoms in total. The number of anilines is 2. The van der Waals surface area contributed by atoms with Gasteiger partial charge < -0.3 is 29.3 Å². The van der Waals surface area contributed by atoms with E-state index >= 15 is 0 Å². The van der Waals surface area contributed by atoms with Crippen molar-refractivity contribution in [3.8, 4) is 22.8 Å². The molecule has 1 atom stereocenters. The molecule has 3 aromatic carbocycles.